The molecule has 0 unspecified atom stereocenters. The summed E-state index contributed by atoms with van der Waals surface area (Å²) in [7, 11) is 0. The summed E-state index contributed by atoms with van der Waals surface area (Å²) in [6.07, 6.45) is 0.225. The van der Waals surface area contributed by atoms with Gasteiger partial charge in [0.2, 0.25) is 11.8 Å². The zero-order valence-corrected chi connectivity index (χ0v) is 17.3. The number of hydrogen-bond acceptors (Lipinski definition) is 3. The average Bonchev–Trinajstić information content (AvgIpc) is 2.62. The molecule has 0 spiro atoms. The number of carbonyl (C=O) groups is 3. The molecule has 3 N–H and O–H groups in total. The molecule has 0 saturated heterocycles. The van der Waals surface area contributed by atoms with Crippen molar-refractivity contribution in [1.29, 1.82) is 0 Å². The van der Waals surface area contributed by atoms with Crippen molar-refractivity contribution in [1.82, 2.24) is 10.6 Å². The van der Waals surface area contributed by atoms with Gasteiger partial charge < -0.3 is 15.7 Å². The lowest BCUT2D eigenvalue weighted by molar-refractivity contribution is -0.142. The molecule has 2 aromatic carbocycles. The Morgan fingerprint density at radius 1 is 1.00 bits per heavy atom. The number of benzene rings is 2. The van der Waals surface area contributed by atoms with Gasteiger partial charge in [-0.1, -0.05) is 24.3 Å². The van der Waals surface area contributed by atoms with Crippen LogP contribution in [0, 0.1) is 9.39 Å². The van der Waals surface area contributed by atoms with E-state index >= 15 is 0 Å². The van der Waals surface area contributed by atoms with Crippen LogP contribution in [0.5, 0.6) is 0 Å². The SMILES string of the molecule is CC(=O)N[C@H](Cc1ccc(F)cc1)C(=O)N[C@H](Cc1cccc(I)c1)C(=O)O. The lowest BCUT2D eigenvalue weighted by Crippen LogP contribution is -2.52. The topological polar surface area (TPSA) is 95.5 Å². The molecule has 0 saturated carbocycles. The molecule has 2 rings (SSSR count). The van der Waals surface area contributed by atoms with Gasteiger partial charge in [0, 0.05) is 23.3 Å². The van der Waals surface area contributed by atoms with Crippen molar-refractivity contribution in [3.63, 3.8) is 0 Å². The minimum atomic E-state index is -1.17. The molecule has 0 heterocycles. The van der Waals surface area contributed by atoms with Crippen molar-refractivity contribution in [2.75, 3.05) is 0 Å². The summed E-state index contributed by atoms with van der Waals surface area (Å²) >= 11 is 2.12. The van der Waals surface area contributed by atoms with Gasteiger partial charge in [0.25, 0.3) is 0 Å². The zero-order valence-electron chi connectivity index (χ0n) is 15.1. The largest absolute Gasteiger partial charge is 0.480 e. The fourth-order valence-corrected chi connectivity index (χ4v) is 3.29. The Kier molecular flexibility index (Phi) is 7.91. The van der Waals surface area contributed by atoms with Gasteiger partial charge in [-0.2, -0.15) is 0 Å². The maximum Gasteiger partial charge on any atom is 0.326 e. The predicted molar refractivity (Wildman–Crippen MR) is 110 cm³/mol. The van der Waals surface area contributed by atoms with E-state index < -0.39 is 35.7 Å². The monoisotopic (exact) mass is 498 g/mol. The lowest BCUT2D eigenvalue weighted by atomic mass is 10.0. The van der Waals surface area contributed by atoms with E-state index in [9.17, 15) is 23.9 Å². The van der Waals surface area contributed by atoms with Gasteiger partial charge in [-0.15, -0.1) is 0 Å². The molecule has 2 amide bonds. The van der Waals surface area contributed by atoms with Crippen LogP contribution in [0.4, 0.5) is 4.39 Å². The normalized spacial score (nSPS) is 12.7. The van der Waals surface area contributed by atoms with E-state index in [2.05, 4.69) is 33.2 Å². The van der Waals surface area contributed by atoms with Crippen LogP contribution in [0.25, 0.3) is 0 Å². The van der Waals surface area contributed by atoms with Crippen molar-refractivity contribution < 1.29 is 23.9 Å². The summed E-state index contributed by atoms with van der Waals surface area (Å²) in [5.41, 5.74) is 1.41. The third kappa shape index (κ3) is 6.91. The van der Waals surface area contributed by atoms with Gasteiger partial charge >= 0.3 is 5.97 Å². The highest BCUT2D eigenvalue weighted by molar-refractivity contribution is 14.1. The number of carboxylic acid groups (broad SMARTS) is 1. The van der Waals surface area contributed by atoms with Crippen molar-refractivity contribution in [2.24, 2.45) is 0 Å². The fraction of sp³-hybridized carbons (Fsp3) is 0.250. The second-order valence-electron chi connectivity index (χ2n) is 6.32. The third-order valence-corrected chi connectivity index (χ3v) is 4.66. The van der Waals surface area contributed by atoms with Gasteiger partial charge in [0.1, 0.15) is 17.9 Å². The molecule has 0 aromatic heterocycles. The maximum atomic E-state index is 13.1. The average molecular weight is 498 g/mol. The molecule has 8 heteroatoms. The molecule has 2 aromatic rings. The van der Waals surface area contributed by atoms with Gasteiger partial charge in [0.15, 0.2) is 0 Å². The standard InChI is InChI=1S/C20H20FIN2O4/c1-12(25)23-17(10-13-5-7-15(21)8-6-13)19(26)24-18(20(27)28)11-14-3-2-4-16(22)9-14/h2-9,17-18H,10-11H2,1H3,(H,23,25)(H,24,26)(H,27,28)/t17-,18-/m1/s1. The Bertz CT molecular complexity index is 858. The molecule has 6 nitrogen and oxygen atoms in total. The molecule has 0 radical (unpaired) electrons. The predicted octanol–water partition coefficient (Wildman–Crippen LogP) is 2.29. The summed E-state index contributed by atoms with van der Waals surface area (Å²) in [5, 5.41) is 14.5. The highest BCUT2D eigenvalue weighted by atomic mass is 127. The molecular weight excluding hydrogens is 478 g/mol. The molecule has 0 fully saturated rings. The first-order chi connectivity index (χ1) is 13.2. The molecule has 0 bridgehead atoms. The van der Waals surface area contributed by atoms with Crippen LogP contribution >= 0.6 is 22.6 Å². The molecular formula is C20H20FIN2O4. The molecule has 28 heavy (non-hydrogen) atoms. The Morgan fingerprint density at radius 2 is 1.64 bits per heavy atom. The van der Waals surface area contributed by atoms with E-state index in [1.54, 1.807) is 6.07 Å². The second-order valence-corrected chi connectivity index (χ2v) is 7.56. The van der Waals surface area contributed by atoms with Gasteiger partial charge in [-0.05, 0) is 58.0 Å². The summed E-state index contributed by atoms with van der Waals surface area (Å²) in [4.78, 5) is 35.8. The van der Waals surface area contributed by atoms with E-state index in [-0.39, 0.29) is 12.8 Å². The summed E-state index contributed by atoms with van der Waals surface area (Å²) in [6.45, 7) is 1.27. The van der Waals surface area contributed by atoms with Gasteiger partial charge in [0.05, 0.1) is 0 Å². The Balaban J connectivity index is 2.12. The first-order valence-corrected chi connectivity index (χ1v) is 9.61. The van der Waals surface area contributed by atoms with Crippen molar-refractivity contribution in [3.8, 4) is 0 Å². The van der Waals surface area contributed by atoms with Crippen LogP contribution in [-0.4, -0.2) is 35.0 Å². The summed E-state index contributed by atoms with van der Waals surface area (Å²) in [6, 6.07) is 10.7. The molecule has 0 aliphatic rings. The van der Waals surface area contributed by atoms with E-state index in [4.69, 9.17) is 0 Å². The third-order valence-electron chi connectivity index (χ3n) is 3.99. The number of rotatable bonds is 8. The molecule has 0 aliphatic carbocycles. The van der Waals surface area contributed by atoms with Gasteiger partial charge in [-0.25, -0.2) is 9.18 Å². The van der Waals surface area contributed by atoms with E-state index in [1.807, 2.05) is 18.2 Å². The van der Waals surface area contributed by atoms with Gasteiger partial charge in [-0.3, -0.25) is 9.59 Å². The number of amides is 2. The van der Waals surface area contributed by atoms with Crippen LogP contribution in [0.3, 0.4) is 0 Å². The number of carboxylic acids is 1. The minimum Gasteiger partial charge on any atom is -0.480 e. The lowest BCUT2D eigenvalue weighted by Gasteiger charge is -2.21. The number of halogens is 2. The first-order valence-electron chi connectivity index (χ1n) is 8.53. The summed E-state index contributed by atoms with van der Waals surface area (Å²) < 4.78 is 14.0. The van der Waals surface area contributed by atoms with Crippen LogP contribution in [0.15, 0.2) is 48.5 Å². The number of nitrogens with one attached hydrogen (secondary N) is 2. The molecule has 2 atom stereocenters. The highest BCUT2D eigenvalue weighted by Gasteiger charge is 2.26. The number of hydrogen-bond donors (Lipinski definition) is 3. The fourth-order valence-electron chi connectivity index (χ4n) is 2.68. The van der Waals surface area contributed by atoms with Crippen molar-refractivity contribution in [3.05, 3.63) is 69.0 Å². The maximum absolute atomic E-state index is 13.1. The van der Waals surface area contributed by atoms with Crippen molar-refractivity contribution in [2.45, 2.75) is 31.8 Å². The van der Waals surface area contributed by atoms with E-state index in [1.165, 1.54) is 31.2 Å². The van der Waals surface area contributed by atoms with Crippen LogP contribution in [0.1, 0.15) is 18.1 Å². The minimum absolute atomic E-state index is 0.112. The Labute approximate surface area is 175 Å². The molecule has 148 valence electrons. The van der Waals surface area contributed by atoms with E-state index in [0.29, 0.717) is 5.56 Å². The first kappa shape index (κ1) is 21.8. The highest BCUT2D eigenvalue weighted by Crippen LogP contribution is 2.11. The van der Waals surface area contributed by atoms with Crippen LogP contribution in [-0.2, 0) is 27.2 Å². The van der Waals surface area contributed by atoms with E-state index in [0.717, 1.165) is 9.13 Å². The van der Waals surface area contributed by atoms with Crippen LogP contribution in [0.2, 0.25) is 0 Å². The number of carbonyl (C=O) groups excluding carboxylic acids is 2. The molecule has 0 aliphatic heterocycles. The quantitative estimate of drug-likeness (QED) is 0.487. The Morgan fingerprint density at radius 3 is 2.21 bits per heavy atom. The number of aliphatic carboxylic acids is 1. The zero-order chi connectivity index (χ0) is 20.7. The smallest absolute Gasteiger partial charge is 0.326 e. The summed E-state index contributed by atoms with van der Waals surface area (Å²) in [5.74, 6) is -2.62. The second kappa shape index (κ2) is 10.2. The Hall–Kier alpha value is -2.49. The van der Waals surface area contributed by atoms with Crippen LogP contribution < -0.4 is 10.6 Å². The van der Waals surface area contributed by atoms with Crippen molar-refractivity contribution >= 4 is 40.4 Å².